The molecule has 1 aromatic heterocycles. The summed E-state index contributed by atoms with van der Waals surface area (Å²) < 4.78 is 4.21. The van der Waals surface area contributed by atoms with E-state index in [4.69, 9.17) is 5.73 Å². The van der Waals surface area contributed by atoms with E-state index in [-0.39, 0.29) is 0 Å². The Labute approximate surface area is 88.9 Å². The summed E-state index contributed by atoms with van der Waals surface area (Å²) in [6.45, 7) is 5.41. The summed E-state index contributed by atoms with van der Waals surface area (Å²) in [4.78, 5) is 0. The van der Waals surface area contributed by atoms with Gasteiger partial charge in [0, 0.05) is 12.1 Å². The van der Waals surface area contributed by atoms with Crippen molar-refractivity contribution in [2.24, 2.45) is 5.92 Å². The summed E-state index contributed by atoms with van der Waals surface area (Å²) in [6, 6.07) is 0. The van der Waals surface area contributed by atoms with Crippen LogP contribution in [0.2, 0.25) is 0 Å². The fraction of sp³-hybridized carbons (Fsp3) is 0.700. The summed E-state index contributed by atoms with van der Waals surface area (Å²) in [5, 5.41) is 4.62. The normalized spacial score (nSPS) is 16.2. The first-order chi connectivity index (χ1) is 6.68. The first-order valence-corrected chi connectivity index (χ1v) is 5.94. The fourth-order valence-electron chi connectivity index (χ4n) is 1.50. The average molecular weight is 211 g/mol. The van der Waals surface area contributed by atoms with E-state index in [1.54, 1.807) is 0 Å². The van der Waals surface area contributed by atoms with Crippen molar-refractivity contribution in [1.82, 2.24) is 4.37 Å². The Balaban J connectivity index is 2.08. The Morgan fingerprint density at radius 2 is 2.29 bits per heavy atom. The highest BCUT2D eigenvalue weighted by Crippen LogP contribution is 2.47. The highest BCUT2D eigenvalue weighted by molar-refractivity contribution is 7.10. The van der Waals surface area contributed by atoms with Crippen LogP contribution in [0.5, 0.6) is 0 Å². The van der Waals surface area contributed by atoms with Crippen LogP contribution in [0.15, 0.2) is 0 Å². The minimum atomic E-state index is 0.658. The molecule has 3 N–H and O–H groups in total. The molecular formula is C10H17N3S. The van der Waals surface area contributed by atoms with Crippen molar-refractivity contribution in [3.05, 3.63) is 5.56 Å². The number of nitrogen functional groups attached to an aromatic ring is 1. The maximum absolute atomic E-state index is 5.85. The topological polar surface area (TPSA) is 50.9 Å². The number of aromatic nitrogens is 1. The molecule has 1 fully saturated rings. The van der Waals surface area contributed by atoms with Gasteiger partial charge in [0.1, 0.15) is 10.8 Å². The van der Waals surface area contributed by atoms with Gasteiger partial charge in [0.2, 0.25) is 0 Å². The number of nitrogens with one attached hydrogen (secondary N) is 1. The molecule has 1 heterocycles. The number of rotatable bonds is 4. The zero-order valence-electron chi connectivity index (χ0n) is 8.71. The largest absolute Gasteiger partial charge is 0.383 e. The van der Waals surface area contributed by atoms with Crippen LogP contribution in [0, 0.1) is 5.92 Å². The van der Waals surface area contributed by atoms with Gasteiger partial charge in [-0.1, -0.05) is 13.8 Å². The first kappa shape index (κ1) is 9.77. The standard InChI is InChI=1S/C10H17N3S/c1-6(2)5-12-10-8(7-3-4-7)9(11)13-14-10/h6-7,12H,3-5H2,1-2H3,(H2,11,13). The van der Waals surface area contributed by atoms with E-state index in [9.17, 15) is 0 Å². The first-order valence-electron chi connectivity index (χ1n) is 5.17. The predicted octanol–water partition coefficient (Wildman–Crippen LogP) is 2.67. The molecule has 1 aromatic rings. The summed E-state index contributed by atoms with van der Waals surface area (Å²) in [6.07, 6.45) is 2.55. The van der Waals surface area contributed by atoms with Crippen molar-refractivity contribution >= 4 is 22.4 Å². The number of hydrogen-bond donors (Lipinski definition) is 2. The number of hydrogen-bond acceptors (Lipinski definition) is 4. The lowest BCUT2D eigenvalue weighted by Gasteiger charge is -2.08. The van der Waals surface area contributed by atoms with E-state index in [1.807, 2.05) is 0 Å². The minimum Gasteiger partial charge on any atom is -0.383 e. The third kappa shape index (κ3) is 2.00. The van der Waals surface area contributed by atoms with E-state index in [0.29, 0.717) is 11.8 Å². The van der Waals surface area contributed by atoms with Gasteiger partial charge in [0.05, 0.1) is 0 Å². The SMILES string of the molecule is CC(C)CNc1snc(N)c1C1CC1. The molecule has 0 unspecified atom stereocenters. The van der Waals surface area contributed by atoms with Gasteiger partial charge < -0.3 is 11.1 Å². The van der Waals surface area contributed by atoms with Crippen LogP contribution in [0.4, 0.5) is 10.8 Å². The Hall–Kier alpha value is -0.770. The van der Waals surface area contributed by atoms with Crippen LogP contribution in [-0.2, 0) is 0 Å². The number of anilines is 2. The van der Waals surface area contributed by atoms with E-state index in [1.165, 1.54) is 34.9 Å². The van der Waals surface area contributed by atoms with Gasteiger partial charge in [0.25, 0.3) is 0 Å². The zero-order valence-corrected chi connectivity index (χ0v) is 9.53. The molecule has 1 aliphatic carbocycles. The van der Waals surface area contributed by atoms with Crippen LogP contribution in [0.25, 0.3) is 0 Å². The van der Waals surface area contributed by atoms with Crippen LogP contribution < -0.4 is 11.1 Å². The van der Waals surface area contributed by atoms with E-state index < -0.39 is 0 Å². The second-order valence-corrected chi connectivity index (χ2v) is 5.13. The molecule has 4 heteroatoms. The van der Waals surface area contributed by atoms with Crippen molar-refractivity contribution in [1.29, 1.82) is 0 Å². The van der Waals surface area contributed by atoms with Crippen molar-refractivity contribution in [2.45, 2.75) is 32.6 Å². The van der Waals surface area contributed by atoms with Crippen LogP contribution in [0.3, 0.4) is 0 Å². The molecule has 0 spiro atoms. The third-order valence-corrected chi connectivity index (χ3v) is 3.25. The average Bonchev–Trinajstić information content (AvgIpc) is 2.88. The Kier molecular flexibility index (Phi) is 2.63. The van der Waals surface area contributed by atoms with E-state index in [0.717, 1.165) is 12.4 Å². The van der Waals surface area contributed by atoms with Gasteiger partial charge in [-0.05, 0) is 36.2 Å². The number of nitrogens with zero attached hydrogens (tertiary/aromatic N) is 1. The van der Waals surface area contributed by atoms with Crippen molar-refractivity contribution in [2.75, 3.05) is 17.6 Å². The van der Waals surface area contributed by atoms with Crippen molar-refractivity contribution in [3.63, 3.8) is 0 Å². The molecule has 0 radical (unpaired) electrons. The predicted molar refractivity (Wildman–Crippen MR) is 61.8 cm³/mol. The van der Waals surface area contributed by atoms with Crippen LogP contribution in [0.1, 0.15) is 38.2 Å². The quantitative estimate of drug-likeness (QED) is 0.805. The molecule has 0 aromatic carbocycles. The molecule has 2 rings (SSSR count). The van der Waals surface area contributed by atoms with Gasteiger partial charge in [-0.15, -0.1) is 0 Å². The molecule has 0 aliphatic heterocycles. The van der Waals surface area contributed by atoms with Gasteiger partial charge in [0.15, 0.2) is 0 Å². The molecule has 0 amide bonds. The molecule has 1 aliphatic rings. The monoisotopic (exact) mass is 211 g/mol. The van der Waals surface area contributed by atoms with E-state index >= 15 is 0 Å². The maximum Gasteiger partial charge on any atom is 0.142 e. The third-order valence-electron chi connectivity index (χ3n) is 2.41. The Bertz CT molecular complexity index is 315. The van der Waals surface area contributed by atoms with Crippen molar-refractivity contribution in [3.8, 4) is 0 Å². The molecule has 1 saturated carbocycles. The molecular weight excluding hydrogens is 194 g/mol. The molecule has 14 heavy (non-hydrogen) atoms. The van der Waals surface area contributed by atoms with Gasteiger partial charge >= 0.3 is 0 Å². The Morgan fingerprint density at radius 1 is 1.57 bits per heavy atom. The molecule has 0 saturated heterocycles. The van der Waals surface area contributed by atoms with E-state index in [2.05, 4.69) is 23.5 Å². The van der Waals surface area contributed by atoms with Gasteiger partial charge in [-0.25, -0.2) is 0 Å². The van der Waals surface area contributed by atoms with Gasteiger partial charge in [-0.2, -0.15) is 4.37 Å². The smallest absolute Gasteiger partial charge is 0.142 e. The molecule has 78 valence electrons. The summed E-state index contributed by atoms with van der Waals surface area (Å²) >= 11 is 1.50. The second kappa shape index (κ2) is 3.77. The lowest BCUT2D eigenvalue weighted by molar-refractivity contribution is 0.689. The molecule has 3 nitrogen and oxygen atoms in total. The summed E-state index contributed by atoms with van der Waals surface area (Å²) in [5.74, 6) is 2.08. The summed E-state index contributed by atoms with van der Waals surface area (Å²) in [7, 11) is 0. The minimum absolute atomic E-state index is 0.658. The summed E-state index contributed by atoms with van der Waals surface area (Å²) in [5.41, 5.74) is 7.12. The zero-order chi connectivity index (χ0) is 10.1. The number of nitrogens with two attached hydrogens (primary N) is 1. The second-order valence-electron chi connectivity index (χ2n) is 4.36. The van der Waals surface area contributed by atoms with Crippen LogP contribution in [-0.4, -0.2) is 10.9 Å². The lowest BCUT2D eigenvalue weighted by atomic mass is 10.2. The van der Waals surface area contributed by atoms with Crippen LogP contribution >= 0.6 is 11.5 Å². The molecule has 0 bridgehead atoms. The fourth-order valence-corrected chi connectivity index (χ4v) is 2.31. The Morgan fingerprint density at radius 3 is 2.86 bits per heavy atom. The van der Waals surface area contributed by atoms with Gasteiger partial charge in [-0.3, -0.25) is 0 Å². The maximum atomic E-state index is 5.85. The highest BCUT2D eigenvalue weighted by Gasteiger charge is 2.30. The molecule has 0 atom stereocenters. The lowest BCUT2D eigenvalue weighted by Crippen LogP contribution is -2.08. The van der Waals surface area contributed by atoms with Crippen molar-refractivity contribution < 1.29 is 0 Å². The highest BCUT2D eigenvalue weighted by atomic mass is 32.1.